The monoisotopic (exact) mass is 244 g/mol. The van der Waals surface area contributed by atoms with Crippen molar-refractivity contribution in [2.45, 2.75) is 20.0 Å². The molecule has 0 aliphatic heterocycles. The van der Waals surface area contributed by atoms with Crippen molar-refractivity contribution in [1.29, 1.82) is 0 Å². The second kappa shape index (κ2) is 5.40. The maximum atomic E-state index is 12.0. The lowest BCUT2D eigenvalue weighted by molar-refractivity contribution is 0.0941. The summed E-state index contributed by atoms with van der Waals surface area (Å²) in [5, 5.41) is 12.4. The fourth-order valence-electron chi connectivity index (χ4n) is 1.82. The summed E-state index contributed by atoms with van der Waals surface area (Å²) >= 11 is 0. The van der Waals surface area contributed by atoms with Gasteiger partial charge in [0.25, 0.3) is 5.91 Å². The Morgan fingerprint density at radius 1 is 1.28 bits per heavy atom. The van der Waals surface area contributed by atoms with Gasteiger partial charge in [-0.05, 0) is 25.1 Å². The molecule has 0 saturated carbocycles. The molecular weight excluding hydrogens is 228 g/mol. The van der Waals surface area contributed by atoms with Gasteiger partial charge in [0, 0.05) is 24.8 Å². The fourth-order valence-corrected chi connectivity index (χ4v) is 1.82. The van der Waals surface area contributed by atoms with E-state index in [-0.39, 0.29) is 11.7 Å². The van der Waals surface area contributed by atoms with Crippen LogP contribution in [0.4, 0.5) is 0 Å². The topological polar surface area (TPSA) is 54.3 Å². The highest BCUT2D eigenvalue weighted by Crippen LogP contribution is 2.15. The highest BCUT2D eigenvalue weighted by Gasteiger charge is 2.10. The van der Waals surface area contributed by atoms with E-state index in [2.05, 4.69) is 5.32 Å². The summed E-state index contributed by atoms with van der Waals surface area (Å²) in [6.07, 6.45) is 1.87. The van der Waals surface area contributed by atoms with Crippen LogP contribution in [-0.4, -0.2) is 15.6 Å². The van der Waals surface area contributed by atoms with Crippen molar-refractivity contribution in [2.75, 3.05) is 0 Å². The second-order valence-electron chi connectivity index (χ2n) is 3.99. The van der Waals surface area contributed by atoms with Gasteiger partial charge in [0.1, 0.15) is 11.4 Å². The number of aryl methyl sites for hydroxylation is 1. The Balaban J connectivity index is 2.03. The van der Waals surface area contributed by atoms with Gasteiger partial charge in [-0.15, -0.1) is 0 Å². The number of benzene rings is 1. The predicted octanol–water partition coefficient (Wildman–Crippen LogP) is 2.14. The molecule has 1 amide bonds. The smallest absolute Gasteiger partial charge is 0.268 e. The zero-order chi connectivity index (χ0) is 13.0. The third-order valence-electron chi connectivity index (χ3n) is 2.83. The number of aromatic hydroxyl groups is 1. The Hall–Kier alpha value is -2.23. The summed E-state index contributed by atoms with van der Waals surface area (Å²) in [5.74, 6) is 0.0637. The quantitative estimate of drug-likeness (QED) is 0.865. The van der Waals surface area contributed by atoms with Crippen LogP contribution in [0, 0.1) is 0 Å². The van der Waals surface area contributed by atoms with Crippen LogP contribution in [0.3, 0.4) is 0 Å². The fraction of sp³-hybridized carbons (Fsp3) is 0.214. The van der Waals surface area contributed by atoms with Gasteiger partial charge in [-0.3, -0.25) is 4.79 Å². The molecule has 4 heteroatoms. The maximum absolute atomic E-state index is 12.0. The molecule has 4 nitrogen and oxygen atoms in total. The normalized spacial score (nSPS) is 10.3. The van der Waals surface area contributed by atoms with Crippen molar-refractivity contribution in [3.63, 3.8) is 0 Å². The number of para-hydroxylation sites is 1. The van der Waals surface area contributed by atoms with Crippen molar-refractivity contribution in [1.82, 2.24) is 9.88 Å². The first-order valence-electron chi connectivity index (χ1n) is 5.92. The number of hydrogen-bond donors (Lipinski definition) is 2. The molecule has 1 aromatic heterocycles. The average molecular weight is 244 g/mol. The van der Waals surface area contributed by atoms with E-state index in [0.29, 0.717) is 17.8 Å². The molecule has 0 radical (unpaired) electrons. The van der Waals surface area contributed by atoms with Crippen molar-refractivity contribution >= 4 is 5.91 Å². The first-order valence-corrected chi connectivity index (χ1v) is 5.92. The molecule has 0 aliphatic rings. The van der Waals surface area contributed by atoms with Gasteiger partial charge < -0.3 is 15.0 Å². The van der Waals surface area contributed by atoms with Gasteiger partial charge in [-0.2, -0.15) is 0 Å². The predicted molar refractivity (Wildman–Crippen MR) is 69.4 cm³/mol. The zero-order valence-corrected chi connectivity index (χ0v) is 10.3. The minimum atomic E-state index is -0.134. The Morgan fingerprint density at radius 3 is 2.78 bits per heavy atom. The van der Waals surface area contributed by atoms with Crippen molar-refractivity contribution in [3.8, 4) is 5.75 Å². The molecule has 1 aromatic carbocycles. The van der Waals surface area contributed by atoms with E-state index in [1.54, 1.807) is 24.3 Å². The average Bonchev–Trinajstić information content (AvgIpc) is 2.86. The number of carbonyl (C=O) groups is 1. The van der Waals surface area contributed by atoms with Gasteiger partial charge in [0.05, 0.1) is 0 Å². The number of amides is 1. The first-order chi connectivity index (χ1) is 8.72. The van der Waals surface area contributed by atoms with E-state index >= 15 is 0 Å². The largest absolute Gasteiger partial charge is 0.508 e. The molecule has 0 saturated heterocycles. The maximum Gasteiger partial charge on any atom is 0.268 e. The number of hydrogen-bond acceptors (Lipinski definition) is 2. The molecule has 2 N–H and O–H groups in total. The van der Waals surface area contributed by atoms with Gasteiger partial charge in [0.15, 0.2) is 0 Å². The van der Waals surface area contributed by atoms with E-state index in [4.69, 9.17) is 0 Å². The van der Waals surface area contributed by atoms with Crippen LogP contribution in [0.2, 0.25) is 0 Å². The molecular formula is C14H16N2O2. The Bertz CT molecular complexity index is 546. The molecule has 94 valence electrons. The molecule has 2 aromatic rings. The highest BCUT2D eigenvalue weighted by atomic mass is 16.3. The van der Waals surface area contributed by atoms with Crippen molar-refractivity contribution in [3.05, 3.63) is 53.9 Å². The minimum Gasteiger partial charge on any atom is -0.508 e. The van der Waals surface area contributed by atoms with Gasteiger partial charge in [-0.1, -0.05) is 18.2 Å². The summed E-state index contributed by atoms with van der Waals surface area (Å²) in [5.41, 5.74) is 1.34. The van der Waals surface area contributed by atoms with Crippen LogP contribution in [0.15, 0.2) is 42.6 Å². The van der Waals surface area contributed by atoms with Crippen LogP contribution in [0.1, 0.15) is 23.0 Å². The van der Waals surface area contributed by atoms with E-state index in [1.807, 2.05) is 29.8 Å². The van der Waals surface area contributed by atoms with E-state index in [0.717, 1.165) is 6.54 Å². The lowest BCUT2D eigenvalue weighted by atomic mass is 10.2. The lowest BCUT2D eigenvalue weighted by Crippen LogP contribution is -2.25. The number of nitrogens with zero attached hydrogens (tertiary/aromatic N) is 1. The van der Waals surface area contributed by atoms with E-state index in [1.165, 1.54) is 0 Å². The summed E-state index contributed by atoms with van der Waals surface area (Å²) in [4.78, 5) is 12.0. The molecule has 2 rings (SSSR count). The molecule has 1 heterocycles. The third kappa shape index (κ3) is 2.53. The second-order valence-corrected chi connectivity index (χ2v) is 3.99. The molecule has 0 atom stereocenters. The molecule has 0 fully saturated rings. The number of rotatable bonds is 4. The third-order valence-corrected chi connectivity index (χ3v) is 2.83. The Morgan fingerprint density at radius 2 is 2.06 bits per heavy atom. The Labute approximate surface area is 106 Å². The van der Waals surface area contributed by atoms with Crippen LogP contribution >= 0.6 is 0 Å². The molecule has 0 bridgehead atoms. The number of aromatic nitrogens is 1. The molecule has 18 heavy (non-hydrogen) atoms. The summed E-state index contributed by atoms with van der Waals surface area (Å²) < 4.78 is 1.88. The van der Waals surface area contributed by atoms with Crippen LogP contribution in [0.5, 0.6) is 5.75 Å². The SMILES string of the molecule is CCn1cccc1C(=O)NCc1ccccc1O. The van der Waals surface area contributed by atoms with Gasteiger partial charge >= 0.3 is 0 Å². The minimum absolute atomic E-state index is 0.134. The van der Waals surface area contributed by atoms with Gasteiger partial charge in [-0.25, -0.2) is 0 Å². The summed E-state index contributed by atoms with van der Waals surface area (Å²) in [6, 6.07) is 10.6. The number of carbonyl (C=O) groups excluding carboxylic acids is 1. The standard InChI is InChI=1S/C14H16N2O2/c1-2-16-9-5-7-12(16)14(18)15-10-11-6-3-4-8-13(11)17/h3-9,17H,2,10H2,1H3,(H,15,18). The number of nitrogens with one attached hydrogen (secondary N) is 1. The van der Waals surface area contributed by atoms with Crippen LogP contribution in [-0.2, 0) is 13.1 Å². The van der Waals surface area contributed by atoms with Crippen molar-refractivity contribution in [2.24, 2.45) is 0 Å². The van der Waals surface area contributed by atoms with Gasteiger partial charge in [0.2, 0.25) is 0 Å². The Kier molecular flexibility index (Phi) is 3.67. The molecule has 0 aliphatic carbocycles. The lowest BCUT2D eigenvalue weighted by Gasteiger charge is -2.08. The summed E-state index contributed by atoms with van der Waals surface area (Å²) in [6.45, 7) is 3.06. The molecule has 0 spiro atoms. The van der Waals surface area contributed by atoms with E-state index in [9.17, 15) is 9.90 Å². The van der Waals surface area contributed by atoms with Crippen molar-refractivity contribution < 1.29 is 9.90 Å². The zero-order valence-electron chi connectivity index (χ0n) is 10.3. The summed E-state index contributed by atoms with van der Waals surface area (Å²) in [7, 11) is 0. The van der Waals surface area contributed by atoms with E-state index < -0.39 is 0 Å². The molecule has 0 unspecified atom stereocenters. The number of phenolic OH excluding ortho intramolecular Hbond substituents is 1. The number of phenols is 1. The van der Waals surface area contributed by atoms with Crippen LogP contribution in [0.25, 0.3) is 0 Å². The first kappa shape index (κ1) is 12.2. The van der Waals surface area contributed by atoms with Crippen LogP contribution < -0.4 is 5.32 Å². The highest BCUT2D eigenvalue weighted by molar-refractivity contribution is 5.92.